The summed E-state index contributed by atoms with van der Waals surface area (Å²) in [5, 5.41) is 12.2. The zero-order chi connectivity index (χ0) is 16.3. The Morgan fingerprint density at radius 2 is 1.95 bits per heavy atom. The molecule has 5 heteroatoms. The molecule has 0 saturated heterocycles. The molecule has 0 radical (unpaired) electrons. The number of hydrogen-bond acceptors (Lipinski definition) is 2. The molecule has 4 nitrogen and oxygen atoms in total. The first kappa shape index (κ1) is 16.3. The van der Waals surface area contributed by atoms with E-state index >= 15 is 0 Å². The molecule has 0 bridgehead atoms. The van der Waals surface area contributed by atoms with E-state index in [4.69, 9.17) is 0 Å². The van der Waals surface area contributed by atoms with Crippen LogP contribution in [-0.4, -0.2) is 16.5 Å². The van der Waals surface area contributed by atoms with Gasteiger partial charge in [-0.15, -0.1) is 0 Å². The van der Waals surface area contributed by atoms with E-state index in [1.807, 2.05) is 45.0 Å². The van der Waals surface area contributed by atoms with Crippen LogP contribution in [0.5, 0.6) is 0 Å². The summed E-state index contributed by atoms with van der Waals surface area (Å²) in [6.07, 6.45) is 1.74. The molecule has 1 atom stereocenters. The zero-order valence-electron chi connectivity index (χ0n) is 12.8. The van der Waals surface area contributed by atoms with Crippen LogP contribution in [0.25, 0.3) is 5.69 Å². The van der Waals surface area contributed by atoms with Crippen molar-refractivity contribution in [3.63, 3.8) is 0 Å². The predicted molar refractivity (Wildman–Crippen MR) is 90.0 cm³/mol. The Morgan fingerprint density at radius 1 is 1.27 bits per heavy atom. The van der Waals surface area contributed by atoms with Gasteiger partial charge < -0.3 is 9.88 Å². The van der Waals surface area contributed by atoms with Crippen molar-refractivity contribution in [3.05, 3.63) is 52.3 Å². The second-order valence-electron chi connectivity index (χ2n) is 5.52. The summed E-state index contributed by atoms with van der Waals surface area (Å²) in [5.41, 5.74) is 1.55. The fourth-order valence-corrected chi connectivity index (χ4v) is 2.52. The fraction of sp³-hybridized carbons (Fsp3) is 0.294. The van der Waals surface area contributed by atoms with Crippen molar-refractivity contribution in [1.82, 2.24) is 9.88 Å². The van der Waals surface area contributed by atoms with Crippen LogP contribution in [0.3, 0.4) is 0 Å². The molecule has 2 aromatic rings. The van der Waals surface area contributed by atoms with E-state index in [-0.39, 0.29) is 11.9 Å². The van der Waals surface area contributed by atoms with Gasteiger partial charge in [-0.1, -0.05) is 26.0 Å². The molecule has 1 heterocycles. The van der Waals surface area contributed by atoms with Gasteiger partial charge in [-0.2, -0.15) is 5.26 Å². The van der Waals surface area contributed by atoms with Crippen molar-refractivity contribution >= 4 is 21.8 Å². The lowest BCUT2D eigenvalue weighted by Gasteiger charge is -2.18. The third kappa shape index (κ3) is 3.23. The number of halogens is 1. The number of carbonyl (C=O) groups is 1. The molecular formula is C17H18BrN3O. The number of amides is 1. The molecule has 1 amide bonds. The van der Waals surface area contributed by atoms with Crippen molar-refractivity contribution in [2.45, 2.75) is 26.8 Å². The lowest BCUT2D eigenvalue weighted by Crippen LogP contribution is -2.37. The molecule has 0 saturated carbocycles. The van der Waals surface area contributed by atoms with Gasteiger partial charge in [0, 0.05) is 16.7 Å². The highest BCUT2D eigenvalue weighted by atomic mass is 79.9. The Kier molecular flexibility index (Phi) is 5.04. The van der Waals surface area contributed by atoms with Gasteiger partial charge in [0.1, 0.15) is 11.8 Å². The first-order chi connectivity index (χ1) is 10.5. The fourth-order valence-electron chi connectivity index (χ4n) is 2.04. The molecule has 22 heavy (non-hydrogen) atoms. The molecule has 1 aromatic heterocycles. The minimum atomic E-state index is -0.237. The molecule has 0 aliphatic carbocycles. The molecule has 114 valence electrons. The van der Waals surface area contributed by atoms with E-state index in [2.05, 4.69) is 27.3 Å². The van der Waals surface area contributed by atoms with Crippen molar-refractivity contribution in [3.8, 4) is 11.8 Å². The molecule has 2 rings (SSSR count). The number of nitriles is 1. The first-order valence-electron chi connectivity index (χ1n) is 7.13. The SMILES string of the molecule is CC(C)C(C)NC(=O)c1c(C#N)ccn1-c1ccccc1Br. The number of aromatic nitrogens is 1. The normalized spacial score (nSPS) is 12.0. The van der Waals surface area contributed by atoms with Gasteiger partial charge in [-0.3, -0.25) is 4.79 Å². The number of hydrogen-bond donors (Lipinski definition) is 1. The molecule has 0 aliphatic rings. The van der Waals surface area contributed by atoms with Crippen LogP contribution < -0.4 is 5.32 Å². The van der Waals surface area contributed by atoms with Crippen LogP contribution >= 0.6 is 15.9 Å². The molecule has 0 spiro atoms. The average Bonchev–Trinajstić information content (AvgIpc) is 2.91. The maximum absolute atomic E-state index is 12.6. The zero-order valence-corrected chi connectivity index (χ0v) is 14.4. The van der Waals surface area contributed by atoms with Gasteiger partial charge in [0.2, 0.25) is 0 Å². The Balaban J connectivity index is 2.47. The second-order valence-corrected chi connectivity index (χ2v) is 6.37. The quantitative estimate of drug-likeness (QED) is 0.900. The van der Waals surface area contributed by atoms with Crippen LogP contribution in [0.2, 0.25) is 0 Å². The van der Waals surface area contributed by atoms with Gasteiger partial charge in [0.05, 0.1) is 11.3 Å². The highest BCUT2D eigenvalue weighted by molar-refractivity contribution is 9.10. The maximum Gasteiger partial charge on any atom is 0.269 e. The summed E-state index contributed by atoms with van der Waals surface area (Å²) in [6, 6.07) is 11.4. The summed E-state index contributed by atoms with van der Waals surface area (Å²) in [4.78, 5) is 12.6. The topological polar surface area (TPSA) is 57.8 Å². The van der Waals surface area contributed by atoms with E-state index in [0.29, 0.717) is 17.2 Å². The number of para-hydroxylation sites is 1. The lowest BCUT2D eigenvalue weighted by molar-refractivity contribution is 0.0923. The maximum atomic E-state index is 12.6. The van der Waals surface area contributed by atoms with Gasteiger partial charge in [-0.25, -0.2) is 0 Å². The van der Waals surface area contributed by atoms with Crippen LogP contribution in [-0.2, 0) is 0 Å². The molecule has 1 N–H and O–H groups in total. The molecule has 0 aliphatic heterocycles. The van der Waals surface area contributed by atoms with Gasteiger partial charge in [0.15, 0.2) is 0 Å². The van der Waals surface area contributed by atoms with Crippen molar-refractivity contribution in [1.29, 1.82) is 5.26 Å². The Morgan fingerprint density at radius 3 is 2.55 bits per heavy atom. The van der Waals surface area contributed by atoms with E-state index in [1.54, 1.807) is 16.8 Å². The standard InChI is InChI=1S/C17H18BrN3O/c1-11(2)12(3)20-17(22)16-13(10-19)8-9-21(16)15-7-5-4-6-14(15)18/h4-9,11-12H,1-3H3,(H,20,22). The summed E-state index contributed by atoms with van der Waals surface area (Å²) >= 11 is 3.49. The Bertz CT molecular complexity index is 728. The highest BCUT2D eigenvalue weighted by Gasteiger charge is 2.21. The number of carbonyl (C=O) groups excluding carboxylic acids is 1. The van der Waals surface area contributed by atoms with Crippen molar-refractivity contribution < 1.29 is 4.79 Å². The van der Waals surface area contributed by atoms with Crippen LogP contribution in [0.15, 0.2) is 41.0 Å². The Labute approximate surface area is 138 Å². The van der Waals surface area contributed by atoms with E-state index in [9.17, 15) is 10.1 Å². The second kappa shape index (κ2) is 6.80. The molecule has 1 aromatic carbocycles. The number of benzene rings is 1. The van der Waals surface area contributed by atoms with Crippen molar-refractivity contribution in [2.75, 3.05) is 0 Å². The smallest absolute Gasteiger partial charge is 0.269 e. The van der Waals surface area contributed by atoms with Crippen LogP contribution in [0, 0.1) is 17.2 Å². The number of nitrogens with one attached hydrogen (secondary N) is 1. The third-order valence-electron chi connectivity index (χ3n) is 3.69. The number of nitrogens with zero attached hydrogens (tertiary/aromatic N) is 2. The number of rotatable bonds is 4. The first-order valence-corrected chi connectivity index (χ1v) is 7.92. The summed E-state index contributed by atoms with van der Waals surface area (Å²) in [7, 11) is 0. The monoisotopic (exact) mass is 359 g/mol. The van der Waals surface area contributed by atoms with Crippen LogP contribution in [0.1, 0.15) is 36.8 Å². The highest BCUT2D eigenvalue weighted by Crippen LogP contribution is 2.24. The minimum Gasteiger partial charge on any atom is -0.348 e. The van der Waals surface area contributed by atoms with Gasteiger partial charge in [0.25, 0.3) is 5.91 Å². The van der Waals surface area contributed by atoms with E-state index < -0.39 is 0 Å². The largest absolute Gasteiger partial charge is 0.348 e. The van der Waals surface area contributed by atoms with Gasteiger partial charge >= 0.3 is 0 Å². The average molecular weight is 360 g/mol. The predicted octanol–water partition coefficient (Wildman–Crippen LogP) is 3.89. The summed E-state index contributed by atoms with van der Waals surface area (Å²) in [6.45, 7) is 6.05. The molecule has 0 fully saturated rings. The van der Waals surface area contributed by atoms with E-state index in [1.165, 1.54) is 0 Å². The van der Waals surface area contributed by atoms with Gasteiger partial charge in [-0.05, 0) is 47.0 Å². The lowest BCUT2D eigenvalue weighted by atomic mass is 10.1. The summed E-state index contributed by atoms with van der Waals surface area (Å²) in [5.74, 6) is 0.0832. The van der Waals surface area contributed by atoms with Crippen molar-refractivity contribution in [2.24, 2.45) is 5.92 Å². The third-order valence-corrected chi connectivity index (χ3v) is 4.36. The Hall–Kier alpha value is -2.06. The molecular weight excluding hydrogens is 342 g/mol. The van der Waals surface area contributed by atoms with Crippen LogP contribution in [0.4, 0.5) is 0 Å². The molecule has 1 unspecified atom stereocenters. The summed E-state index contributed by atoms with van der Waals surface area (Å²) < 4.78 is 2.60. The van der Waals surface area contributed by atoms with E-state index in [0.717, 1.165) is 10.2 Å². The minimum absolute atomic E-state index is 0.0293.